The maximum Gasteiger partial charge on any atom is 0.416 e. The van der Waals surface area contributed by atoms with Crippen LogP contribution in [0.5, 0.6) is 0 Å². The molecule has 0 amide bonds. The normalized spacial score (nSPS) is 9.93. The van der Waals surface area contributed by atoms with E-state index in [2.05, 4.69) is 66.9 Å². The molecule has 1 aromatic carbocycles. The molecule has 97 heavy (non-hydrogen) atoms. The molecule has 0 aromatic heterocycles. The van der Waals surface area contributed by atoms with Crippen LogP contribution >= 0.6 is 11.8 Å². The first-order valence-corrected chi connectivity index (χ1v) is 22.7. The van der Waals surface area contributed by atoms with Crippen molar-refractivity contribution in [1.82, 2.24) is 4.90 Å². The van der Waals surface area contributed by atoms with Gasteiger partial charge in [0.1, 0.15) is 19.6 Å². The summed E-state index contributed by atoms with van der Waals surface area (Å²) in [6.07, 6.45) is -33.5. The van der Waals surface area contributed by atoms with Gasteiger partial charge in [0.15, 0.2) is 73.8 Å². The number of ether oxygens (including phenoxy) is 3. The number of alkyl halides is 40. The number of esters is 1. The number of hydrogen-bond donors (Lipinski definition) is 0. The SMILES string of the molecule is FCC(F)(F)F.FCC(F)(F)F.FCC(F)(F)F.FCC(F)(F)F.FCC(F)(F)F.FCC(F)(F)F.FCC(F)(F)F.FCC(F)(F)F.[CH2-]CCF.[CH2-]N(CF)CF.[CH2-]OC(=O)CF.[CH2-]OCF.[CH2-]OS(=O)(=O)CF.[CH2-]SCF.[CH2-]c1ccc(COCF)cc1.[Y].[Y].[Y].[Y].[Y].[Y].[Y]. The quantitative estimate of drug-likeness (QED) is 0.0706. The standard InChI is InChI=1S/C9H10FO.C3H6F2N.C3H4FO2.C3H6F.8C2H2F4.C2H4FO3S.C2H4FO.C2H4FS.7Y/c1-8-2-4-9(5-3-8)6-11-7-10;1-6(2-4)3-5;1-6-3(5)2-4;1-2-3-4;8*3-1-2(4,5)6;1-6-7(4,5)2-3;2*1-4-2-3;;;;;;;/h2-5H,1,6-7H2;1-3H2;1-2H2;1-3H2;8*1H2;1-2H2;2*1-2H2;;;;;;;/q4*-1;;;;;;;;;3*-1;;;;;;;. The van der Waals surface area contributed by atoms with Gasteiger partial charge in [-0.05, 0) is 5.56 Å². The van der Waals surface area contributed by atoms with E-state index < -0.39 is 159 Å². The number of benzene rings is 1. The molecule has 1 aromatic rings. The second-order valence-electron chi connectivity index (χ2n) is 11.8. The molecule has 0 aliphatic rings. The van der Waals surface area contributed by atoms with Crippen molar-refractivity contribution in [2.24, 2.45) is 0 Å². The van der Waals surface area contributed by atoms with E-state index in [4.69, 9.17) is 0 Å². The summed E-state index contributed by atoms with van der Waals surface area (Å²) in [7, 11) is 6.92. The number of halogens is 40. The minimum absolute atomic E-state index is 0. The first kappa shape index (κ1) is 158. The average molecular weight is 2110 g/mol. The van der Waals surface area contributed by atoms with Crippen LogP contribution in [0.2, 0.25) is 0 Å². The molecule has 581 valence electrons. The number of nitrogens with zero attached hydrogens (tertiary/aromatic N) is 1. The Balaban J connectivity index is -0.0000000336. The molecule has 57 heteroatoms. The van der Waals surface area contributed by atoms with Crippen LogP contribution in [0, 0.1) is 48.5 Å². The molecule has 0 saturated carbocycles. The van der Waals surface area contributed by atoms with E-state index in [0.717, 1.165) is 22.9 Å². The number of carbonyl (C=O) groups excluding carboxylic acids is 1. The molecule has 0 spiro atoms. The van der Waals surface area contributed by atoms with Gasteiger partial charge < -0.3 is 42.0 Å². The molecule has 0 bridgehead atoms. The second kappa shape index (κ2) is 104. The number of carbonyl (C=O) groups is 1. The van der Waals surface area contributed by atoms with Gasteiger partial charge in [0.05, 0.1) is 13.3 Å². The van der Waals surface area contributed by atoms with Crippen LogP contribution in [0.4, 0.5) is 176 Å². The minimum Gasteiger partial charge on any atom is -0.638 e. The molecule has 0 N–H and O–H groups in total. The molecule has 0 aliphatic carbocycles. The summed E-state index contributed by atoms with van der Waals surface area (Å²) in [5.74, 6) is -0.935. The van der Waals surface area contributed by atoms with Crippen LogP contribution in [0.1, 0.15) is 17.5 Å². The topological polar surface area (TPSA) is 91.4 Å². The van der Waals surface area contributed by atoms with Gasteiger partial charge in [0, 0.05) is 229 Å². The first-order chi connectivity index (χ1) is 40.3. The fourth-order valence-electron chi connectivity index (χ4n) is 0.894. The Morgan fingerprint density at radius 2 is 0.639 bits per heavy atom. The summed E-state index contributed by atoms with van der Waals surface area (Å²) in [6, 6.07) is 5.60. The molecule has 0 fully saturated rings. The second-order valence-corrected chi connectivity index (χ2v) is 14.0. The summed E-state index contributed by atoms with van der Waals surface area (Å²) in [5, 5.41) is 0. The van der Waals surface area contributed by atoms with Crippen molar-refractivity contribution in [1.29, 1.82) is 0 Å². The molecule has 0 saturated heterocycles. The summed E-state index contributed by atoms with van der Waals surface area (Å²) < 4.78 is 455. The van der Waals surface area contributed by atoms with Crippen LogP contribution in [0.25, 0.3) is 0 Å². The molecular formula is C40H54F40NO7S2Y7-7. The third-order valence-electron chi connectivity index (χ3n) is 3.79. The van der Waals surface area contributed by atoms with Gasteiger partial charge in [-0.1, -0.05) is 0 Å². The van der Waals surface area contributed by atoms with Gasteiger partial charge in [0.2, 0.25) is 6.01 Å². The predicted molar refractivity (Wildman–Crippen MR) is 243 cm³/mol. The maximum absolute atomic E-state index is 11.5. The van der Waals surface area contributed by atoms with E-state index in [-0.39, 0.29) is 242 Å². The molecule has 0 aliphatic heterocycles. The molecule has 8 nitrogen and oxygen atoms in total. The summed E-state index contributed by atoms with van der Waals surface area (Å²) >= 11 is 0.940. The molecule has 1 rings (SSSR count). The van der Waals surface area contributed by atoms with E-state index in [0.29, 0.717) is 17.9 Å². The Labute approximate surface area is 712 Å². The third-order valence-corrected chi connectivity index (χ3v) is 4.57. The minimum atomic E-state index is -4.62. The Kier molecular flexibility index (Phi) is 169. The van der Waals surface area contributed by atoms with Gasteiger partial charge >= 0.3 is 55.4 Å². The Bertz CT molecular complexity index is 1430. The maximum atomic E-state index is 11.5. The van der Waals surface area contributed by atoms with E-state index in [1.54, 1.807) is 0 Å². The third kappa shape index (κ3) is 276. The van der Waals surface area contributed by atoms with Crippen molar-refractivity contribution >= 4 is 27.8 Å². The largest absolute Gasteiger partial charge is 0.638 e. The fraction of sp³-hybridized carbons (Fsp3) is 0.650. The van der Waals surface area contributed by atoms with Crippen LogP contribution in [-0.4, -0.2) is 175 Å². The van der Waals surface area contributed by atoms with Crippen LogP contribution < -0.4 is 0 Å². The van der Waals surface area contributed by atoms with Gasteiger partial charge in [-0.3, -0.25) is 22.5 Å². The van der Waals surface area contributed by atoms with E-state index in [9.17, 15) is 189 Å². The predicted octanol–water partition coefficient (Wildman–Crippen LogP) is 19.1. The molecule has 7 radical (unpaired) electrons. The Morgan fingerprint density at radius 3 is 0.701 bits per heavy atom. The monoisotopic (exact) mass is 2110 g/mol. The Morgan fingerprint density at radius 1 is 0.443 bits per heavy atom. The molecular weight excluding hydrogens is 2050 g/mol. The van der Waals surface area contributed by atoms with Gasteiger partial charge in [-0.2, -0.15) is 152 Å². The summed E-state index contributed by atoms with van der Waals surface area (Å²) in [6.45, 7) is -15.1. The van der Waals surface area contributed by atoms with Crippen molar-refractivity contribution in [3.63, 3.8) is 0 Å². The van der Waals surface area contributed by atoms with Gasteiger partial charge in [-0.25, -0.2) is 80.1 Å². The van der Waals surface area contributed by atoms with Crippen molar-refractivity contribution in [2.45, 2.75) is 62.4 Å². The zero-order valence-electron chi connectivity index (χ0n) is 48.8. The molecule has 0 heterocycles. The number of thioether (sulfide) groups is 1. The van der Waals surface area contributed by atoms with Crippen molar-refractivity contribution < 1.29 is 436 Å². The number of hydrogen-bond acceptors (Lipinski definition) is 9. The molecule has 0 atom stereocenters. The van der Waals surface area contributed by atoms with Crippen LogP contribution in [-0.2, 0) is 269 Å². The van der Waals surface area contributed by atoms with Crippen molar-refractivity contribution in [3.8, 4) is 0 Å². The summed E-state index contributed by atoms with van der Waals surface area (Å²) in [5.41, 5.74) is 1.92. The van der Waals surface area contributed by atoms with E-state index >= 15 is 0 Å². The average Bonchev–Trinajstić information content (AvgIpc) is 3.46. The van der Waals surface area contributed by atoms with Gasteiger partial charge in [-0.15, -0.1) is 12.1 Å². The first-order valence-electron chi connectivity index (χ1n) is 20.0. The van der Waals surface area contributed by atoms with Crippen LogP contribution in [0.3, 0.4) is 0 Å². The summed E-state index contributed by atoms with van der Waals surface area (Å²) in [4.78, 5) is 10.2. The smallest absolute Gasteiger partial charge is 0.416 e. The van der Waals surface area contributed by atoms with Crippen LogP contribution in [0.15, 0.2) is 24.3 Å². The zero-order chi connectivity index (χ0) is 75.9. The van der Waals surface area contributed by atoms with Crippen molar-refractivity contribution in [3.05, 3.63) is 83.9 Å². The zero-order valence-corrected chi connectivity index (χ0v) is 70.3. The fourth-order valence-corrected chi connectivity index (χ4v) is 0.957. The molecule has 0 unspecified atom stereocenters. The van der Waals surface area contributed by atoms with E-state index in [1.807, 2.05) is 24.3 Å². The van der Waals surface area contributed by atoms with Crippen molar-refractivity contribution in [2.75, 3.05) is 106 Å². The number of rotatable bonds is 11. The van der Waals surface area contributed by atoms with Gasteiger partial charge in [0.25, 0.3) is 10.1 Å². The van der Waals surface area contributed by atoms with E-state index in [1.165, 1.54) is 0 Å². The Hall–Kier alpha value is 3.63.